The smallest absolute Gasteiger partial charge is 0.410 e. The van der Waals surface area contributed by atoms with Crippen LogP contribution in [0.5, 0.6) is 5.75 Å². The van der Waals surface area contributed by atoms with Crippen LogP contribution in [-0.2, 0) is 17.8 Å². The van der Waals surface area contributed by atoms with Crippen LogP contribution in [0.4, 0.5) is 13.6 Å². The molecule has 0 unspecified atom stereocenters. The minimum Gasteiger partial charge on any atom is -0.488 e. The Bertz CT molecular complexity index is 997. The van der Waals surface area contributed by atoms with Crippen molar-refractivity contribution < 1.29 is 23.0 Å². The van der Waals surface area contributed by atoms with Crippen LogP contribution in [0, 0.1) is 0 Å². The maximum atomic E-state index is 13.0. The van der Waals surface area contributed by atoms with E-state index in [1.54, 1.807) is 20.8 Å². The predicted octanol–water partition coefficient (Wildman–Crippen LogP) is 5.79. The molecule has 5 nitrogen and oxygen atoms in total. The Balaban J connectivity index is 1.76. The van der Waals surface area contributed by atoms with Gasteiger partial charge in [0, 0.05) is 23.6 Å². The van der Waals surface area contributed by atoms with Gasteiger partial charge < -0.3 is 19.4 Å². The van der Waals surface area contributed by atoms with Crippen molar-refractivity contribution in [2.45, 2.75) is 45.8 Å². The van der Waals surface area contributed by atoms with Crippen LogP contribution in [0.15, 0.2) is 54.7 Å². The molecule has 31 heavy (non-hydrogen) atoms. The van der Waals surface area contributed by atoms with Gasteiger partial charge in [0.25, 0.3) is 6.43 Å². The van der Waals surface area contributed by atoms with Crippen molar-refractivity contribution in [3.05, 3.63) is 65.9 Å². The third kappa shape index (κ3) is 6.44. The number of alkyl halides is 2. The predicted molar refractivity (Wildman–Crippen MR) is 117 cm³/mol. The molecule has 1 aromatic heterocycles. The summed E-state index contributed by atoms with van der Waals surface area (Å²) in [4.78, 5) is 16.6. The third-order valence-electron chi connectivity index (χ3n) is 4.65. The number of aromatic amines is 1. The number of ether oxygens (including phenoxy) is 2. The van der Waals surface area contributed by atoms with Crippen LogP contribution in [0.25, 0.3) is 10.9 Å². The van der Waals surface area contributed by atoms with E-state index in [0.717, 1.165) is 26.9 Å². The molecule has 0 radical (unpaired) electrons. The number of carbonyl (C=O) groups is 1. The number of nitrogens with zero attached hydrogens (tertiary/aromatic N) is 1. The Morgan fingerprint density at radius 1 is 1.10 bits per heavy atom. The van der Waals surface area contributed by atoms with Gasteiger partial charge in [-0.15, -0.1) is 0 Å². The summed E-state index contributed by atoms with van der Waals surface area (Å²) in [7, 11) is 0. The Kier molecular flexibility index (Phi) is 7.15. The lowest BCUT2D eigenvalue weighted by Gasteiger charge is -2.27. The fraction of sp³-hybridized carbons (Fsp3) is 0.375. The molecule has 0 atom stereocenters. The minimum absolute atomic E-state index is 0.110. The largest absolute Gasteiger partial charge is 0.488 e. The summed E-state index contributed by atoms with van der Waals surface area (Å²) < 4.78 is 37.4. The first-order chi connectivity index (χ1) is 14.7. The van der Waals surface area contributed by atoms with E-state index in [1.165, 1.54) is 0 Å². The highest BCUT2D eigenvalue weighted by molar-refractivity contribution is 5.89. The van der Waals surface area contributed by atoms with Crippen LogP contribution in [0.1, 0.15) is 31.9 Å². The lowest BCUT2D eigenvalue weighted by Crippen LogP contribution is -2.40. The normalized spacial score (nSPS) is 11.7. The standard InChI is InChI=1S/C24H28F2N2O3/c1-24(2,3)31-23(29)28(15-21(25)26)13-12-18-14-27-19-10-7-11-20(22(18)19)30-16-17-8-5-4-6-9-17/h4-11,14,21,27H,12-13,15-16H2,1-3H3. The molecule has 1 amide bonds. The fourth-order valence-electron chi connectivity index (χ4n) is 3.28. The topological polar surface area (TPSA) is 54.6 Å². The van der Waals surface area contributed by atoms with Gasteiger partial charge in [-0.3, -0.25) is 0 Å². The molecule has 0 aliphatic rings. The third-order valence-corrected chi connectivity index (χ3v) is 4.65. The van der Waals surface area contributed by atoms with Gasteiger partial charge in [-0.05, 0) is 50.5 Å². The molecule has 0 fully saturated rings. The molecule has 1 heterocycles. The number of hydrogen-bond donors (Lipinski definition) is 1. The first-order valence-corrected chi connectivity index (χ1v) is 10.2. The van der Waals surface area contributed by atoms with Crippen molar-refractivity contribution >= 4 is 17.0 Å². The molecule has 0 spiro atoms. The maximum Gasteiger partial charge on any atom is 0.410 e. The van der Waals surface area contributed by atoms with Crippen molar-refractivity contribution in [3.8, 4) is 5.75 Å². The molecular weight excluding hydrogens is 402 g/mol. The molecule has 0 bridgehead atoms. The number of halogens is 2. The van der Waals surface area contributed by atoms with Gasteiger partial charge in [-0.1, -0.05) is 36.4 Å². The van der Waals surface area contributed by atoms with Crippen molar-refractivity contribution in [1.29, 1.82) is 0 Å². The second kappa shape index (κ2) is 9.81. The zero-order valence-corrected chi connectivity index (χ0v) is 18.0. The second-order valence-electron chi connectivity index (χ2n) is 8.33. The van der Waals surface area contributed by atoms with E-state index in [4.69, 9.17) is 9.47 Å². The zero-order valence-electron chi connectivity index (χ0n) is 18.0. The summed E-state index contributed by atoms with van der Waals surface area (Å²) in [5.74, 6) is 0.704. The zero-order chi connectivity index (χ0) is 22.4. The van der Waals surface area contributed by atoms with E-state index < -0.39 is 24.7 Å². The van der Waals surface area contributed by atoms with Crippen LogP contribution in [0.2, 0.25) is 0 Å². The van der Waals surface area contributed by atoms with Gasteiger partial charge in [-0.2, -0.15) is 0 Å². The molecule has 3 rings (SSSR count). The molecule has 1 N–H and O–H groups in total. The Morgan fingerprint density at radius 2 is 1.84 bits per heavy atom. The van der Waals surface area contributed by atoms with Gasteiger partial charge in [0.15, 0.2) is 0 Å². The Morgan fingerprint density at radius 3 is 2.52 bits per heavy atom. The molecule has 2 aromatic carbocycles. The lowest BCUT2D eigenvalue weighted by molar-refractivity contribution is 0.0106. The highest BCUT2D eigenvalue weighted by atomic mass is 19.3. The van der Waals surface area contributed by atoms with Crippen LogP contribution < -0.4 is 4.74 Å². The monoisotopic (exact) mass is 430 g/mol. The van der Waals surface area contributed by atoms with E-state index in [1.807, 2.05) is 54.7 Å². The van der Waals surface area contributed by atoms with E-state index in [9.17, 15) is 13.6 Å². The average Bonchev–Trinajstić information content (AvgIpc) is 3.12. The second-order valence-corrected chi connectivity index (χ2v) is 8.33. The highest BCUT2D eigenvalue weighted by Gasteiger charge is 2.25. The lowest BCUT2D eigenvalue weighted by atomic mass is 10.1. The van der Waals surface area contributed by atoms with Crippen LogP contribution in [0.3, 0.4) is 0 Å². The number of fused-ring (bicyclic) bond motifs is 1. The minimum atomic E-state index is -2.64. The van der Waals surface area contributed by atoms with E-state index >= 15 is 0 Å². The summed E-state index contributed by atoms with van der Waals surface area (Å²) >= 11 is 0. The Hall–Kier alpha value is -3.09. The van der Waals surface area contributed by atoms with Crippen molar-refractivity contribution in [2.24, 2.45) is 0 Å². The van der Waals surface area contributed by atoms with Crippen molar-refractivity contribution in [1.82, 2.24) is 9.88 Å². The van der Waals surface area contributed by atoms with Gasteiger partial charge in [0.1, 0.15) is 18.0 Å². The summed E-state index contributed by atoms with van der Waals surface area (Å²) in [5.41, 5.74) is 2.07. The summed E-state index contributed by atoms with van der Waals surface area (Å²) in [5, 5.41) is 0.889. The highest BCUT2D eigenvalue weighted by Crippen LogP contribution is 2.30. The van der Waals surface area contributed by atoms with Gasteiger partial charge in [0.2, 0.25) is 0 Å². The maximum absolute atomic E-state index is 13.0. The van der Waals surface area contributed by atoms with Crippen molar-refractivity contribution in [2.75, 3.05) is 13.1 Å². The quantitative estimate of drug-likeness (QED) is 0.492. The molecule has 0 aliphatic carbocycles. The van der Waals surface area contributed by atoms with Crippen molar-refractivity contribution in [3.63, 3.8) is 0 Å². The van der Waals surface area contributed by atoms with Gasteiger partial charge >= 0.3 is 6.09 Å². The van der Waals surface area contributed by atoms with Gasteiger partial charge in [-0.25, -0.2) is 13.6 Å². The summed E-state index contributed by atoms with van der Waals surface area (Å²) in [6.45, 7) is 4.98. The van der Waals surface area contributed by atoms with E-state index in [2.05, 4.69) is 4.98 Å². The molecule has 0 saturated carbocycles. The number of aromatic nitrogens is 1. The number of rotatable bonds is 8. The molecule has 3 aromatic rings. The molecule has 166 valence electrons. The SMILES string of the molecule is CC(C)(C)OC(=O)N(CCc1c[nH]c2cccc(OCc3ccccc3)c12)CC(F)F. The molecule has 7 heteroatoms. The number of amides is 1. The first kappa shape index (κ1) is 22.6. The summed E-state index contributed by atoms with van der Waals surface area (Å²) in [6.07, 6.45) is -1.17. The number of carbonyl (C=O) groups excluding carboxylic acids is 1. The van der Waals surface area contributed by atoms with Crippen LogP contribution in [-0.4, -0.2) is 41.1 Å². The fourth-order valence-corrected chi connectivity index (χ4v) is 3.28. The van der Waals surface area contributed by atoms with E-state index in [0.29, 0.717) is 18.8 Å². The summed E-state index contributed by atoms with van der Waals surface area (Å²) in [6, 6.07) is 15.5. The molecule has 0 aliphatic heterocycles. The first-order valence-electron chi connectivity index (χ1n) is 10.2. The molecular formula is C24H28F2N2O3. The van der Waals surface area contributed by atoms with E-state index in [-0.39, 0.29) is 6.54 Å². The Labute approximate surface area is 181 Å². The van der Waals surface area contributed by atoms with Gasteiger partial charge in [0.05, 0.1) is 6.54 Å². The van der Waals surface area contributed by atoms with Crippen LogP contribution >= 0.6 is 0 Å². The number of nitrogens with one attached hydrogen (secondary N) is 1. The number of hydrogen-bond acceptors (Lipinski definition) is 3. The number of benzene rings is 2. The average molecular weight is 430 g/mol. The molecule has 0 saturated heterocycles. The number of H-pyrrole nitrogens is 1.